The van der Waals surface area contributed by atoms with E-state index in [9.17, 15) is 14.3 Å². The van der Waals surface area contributed by atoms with Gasteiger partial charge in [0.05, 0.1) is 34.4 Å². The fourth-order valence-electron chi connectivity index (χ4n) is 7.81. The molecule has 0 aliphatic heterocycles. The first-order valence-electron chi connectivity index (χ1n) is 27.1. The molecule has 0 spiro atoms. The molecule has 374 valence electrons. The number of nitrogens with zero attached hydrogens (tertiary/aromatic N) is 1. The summed E-state index contributed by atoms with van der Waals surface area (Å²) >= 11 is 0. The quantitative estimate of drug-likeness (QED) is 0.0197. The smallest absolute Gasteiger partial charge is 0.306 e. The lowest BCUT2D eigenvalue weighted by molar-refractivity contribution is -0.870. The molecule has 0 aromatic heterocycles. The fourth-order valence-corrected chi connectivity index (χ4v) is 8.54. The highest BCUT2D eigenvalue weighted by Crippen LogP contribution is 2.38. The molecule has 0 bridgehead atoms. The molecule has 0 aliphatic rings. The largest absolute Gasteiger partial charge is 0.756 e. The number of allylic oxidation sites excluding steroid dienone is 4. The van der Waals surface area contributed by atoms with Crippen LogP contribution in [0.2, 0.25) is 0 Å². The highest BCUT2D eigenvalue weighted by molar-refractivity contribution is 7.45. The van der Waals surface area contributed by atoms with E-state index in [2.05, 4.69) is 38.2 Å². The topological polar surface area (TPSA) is 94.1 Å². The van der Waals surface area contributed by atoms with Crippen molar-refractivity contribution < 1.29 is 37.3 Å². The van der Waals surface area contributed by atoms with Gasteiger partial charge in [-0.25, -0.2) is 0 Å². The second-order valence-corrected chi connectivity index (χ2v) is 21.0. The lowest BCUT2D eigenvalue weighted by Gasteiger charge is -2.28. The van der Waals surface area contributed by atoms with Gasteiger partial charge in [-0.1, -0.05) is 231 Å². The van der Waals surface area contributed by atoms with Crippen LogP contribution in [-0.4, -0.2) is 70.7 Å². The van der Waals surface area contributed by atoms with Crippen LogP contribution in [0, 0.1) is 0 Å². The van der Waals surface area contributed by atoms with Crippen molar-refractivity contribution in [3.63, 3.8) is 0 Å². The average Bonchev–Trinajstić information content (AvgIpc) is 3.24. The number of carbonyl (C=O) groups is 1. The Balaban J connectivity index is 4.08. The van der Waals surface area contributed by atoms with E-state index in [0.717, 1.165) is 38.5 Å². The van der Waals surface area contributed by atoms with Gasteiger partial charge in [0, 0.05) is 13.0 Å². The van der Waals surface area contributed by atoms with Gasteiger partial charge in [0.15, 0.2) is 0 Å². The SMILES string of the molecule is CCCCCCC/C=C\C/C=C\CCCCCCCCCCCCCC(=O)OC(COCCCCCCCCCCCCCCCCCCCC)COP(=O)([O-])OCC[N+](C)(C)C. The molecule has 2 atom stereocenters. The molecule has 0 radical (unpaired) electrons. The monoisotopic (exact) mass is 912 g/mol. The van der Waals surface area contributed by atoms with Gasteiger partial charge in [0.2, 0.25) is 0 Å². The third-order valence-electron chi connectivity index (χ3n) is 12.0. The highest BCUT2D eigenvalue weighted by Gasteiger charge is 2.20. The van der Waals surface area contributed by atoms with Crippen LogP contribution in [0.3, 0.4) is 0 Å². The predicted octanol–water partition coefficient (Wildman–Crippen LogP) is 16.1. The summed E-state index contributed by atoms with van der Waals surface area (Å²) in [4.78, 5) is 25.2. The Morgan fingerprint density at radius 2 is 0.873 bits per heavy atom. The molecule has 8 nitrogen and oxygen atoms in total. The van der Waals surface area contributed by atoms with Gasteiger partial charge >= 0.3 is 5.97 Å². The van der Waals surface area contributed by atoms with Crippen LogP contribution in [0.4, 0.5) is 0 Å². The highest BCUT2D eigenvalue weighted by atomic mass is 31.2. The van der Waals surface area contributed by atoms with Crippen LogP contribution in [0.25, 0.3) is 0 Å². The molecule has 0 saturated heterocycles. The maximum atomic E-state index is 12.8. The van der Waals surface area contributed by atoms with Gasteiger partial charge in [-0.3, -0.25) is 9.36 Å². The third kappa shape index (κ3) is 51.8. The van der Waals surface area contributed by atoms with Crippen molar-refractivity contribution in [3.05, 3.63) is 24.3 Å². The molecule has 0 aromatic carbocycles. The van der Waals surface area contributed by atoms with Crippen LogP contribution in [0.5, 0.6) is 0 Å². The number of rotatable bonds is 51. The molecule has 0 N–H and O–H groups in total. The van der Waals surface area contributed by atoms with Crippen LogP contribution in [-0.2, 0) is 27.9 Å². The molecule has 0 saturated carbocycles. The van der Waals surface area contributed by atoms with E-state index < -0.39 is 13.9 Å². The predicted molar refractivity (Wildman–Crippen MR) is 268 cm³/mol. The van der Waals surface area contributed by atoms with E-state index in [1.54, 1.807) is 0 Å². The molecule has 63 heavy (non-hydrogen) atoms. The van der Waals surface area contributed by atoms with E-state index in [1.807, 2.05) is 21.1 Å². The zero-order valence-electron chi connectivity index (χ0n) is 42.5. The van der Waals surface area contributed by atoms with E-state index in [1.165, 1.54) is 199 Å². The van der Waals surface area contributed by atoms with Crippen molar-refractivity contribution >= 4 is 13.8 Å². The van der Waals surface area contributed by atoms with Crippen molar-refractivity contribution in [2.24, 2.45) is 0 Å². The summed E-state index contributed by atoms with van der Waals surface area (Å²) in [6.45, 7) is 5.46. The van der Waals surface area contributed by atoms with Gasteiger partial charge in [-0.2, -0.15) is 0 Å². The molecule has 0 fully saturated rings. The molecule has 0 amide bonds. The number of quaternary nitrogens is 1. The minimum atomic E-state index is -4.53. The zero-order valence-corrected chi connectivity index (χ0v) is 43.4. The molecular weight excluding hydrogens is 806 g/mol. The number of hydrogen-bond donors (Lipinski definition) is 0. The Labute approximate surface area is 392 Å². The van der Waals surface area contributed by atoms with Crippen molar-refractivity contribution in [2.75, 3.05) is 54.1 Å². The standard InChI is InChI=1S/C54H106NO7P/c1-6-8-10-12-14-16-18-20-22-24-26-27-28-29-30-31-33-35-37-39-41-43-45-47-54(56)62-53(52-61-63(57,58)60-50-48-55(3,4)5)51-59-49-46-44-42-40-38-36-34-32-25-23-21-19-17-15-13-11-9-7-2/h18,20,24,26,53H,6-17,19,21-23,25,27-52H2,1-5H3/b20-18-,26-24-. The van der Waals surface area contributed by atoms with Gasteiger partial charge in [-0.05, 0) is 44.9 Å². The maximum Gasteiger partial charge on any atom is 0.306 e. The van der Waals surface area contributed by atoms with Crippen LogP contribution < -0.4 is 4.89 Å². The molecular formula is C54H106NO7P. The summed E-state index contributed by atoms with van der Waals surface area (Å²) in [6.07, 6.45) is 56.3. The van der Waals surface area contributed by atoms with Gasteiger partial charge in [-0.15, -0.1) is 0 Å². The van der Waals surface area contributed by atoms with Crippen LogP contribution >= 0.6 is 7.82 Å². The fraction of sp³-hybridized carbons (Fsp3) is 0.907. The van der Waals surface area contributed by atoms with E-state index in [4.69, 9.17) is 18.5 Å². The number of phosphoric ester groups is 1. The van der Waals surface area contributed by atoms with Crippen molar-refractivity contribution in [3.8, 4) is 0 Å². The van der Waals surface area contributed by atoms with Gasteiger partial charge in [0.25, 0.3) is 7.82 Å². The maximum absolute atomic E-state index is 12.8. The van der Waals surface area contributed by atoms with Gasteiger partial charge in [0.1, 0.15) is 19.3 Å². The number of esters is 1. The first-order valence-corrected chi connectivity index (χ1v) is 28.5. The summed E-state index contributed by atoms with van der Waals surface area (Å²) in [6, 6.07) is 0. The molecule has 0 heterocycles. The van der Waals surface area contributed by atoms with E-state index >= 15 is 0 Å². The Hall–Kier alpha value is -1.02. The van der Waals surface area contributed by atoms with E-state index in [0.29, 0.717) is 24.1 Å². The Morgan fingerprint density at radius 1 is 0.492 bits per heavy atom. The molecule has 0 rings (SSSR count). The molecule has 0 aromatic rings. The molecule has 9 heteroatoms. The lowest BCUT2D eigenvalue weighted by Crippen LogP contribution is -2.37. The second-order valence-electron chi connectivity index (χ2n) is 19.6. The number of likely N-dealkylation sites (N-methyl/N-ethyl adjacent to an activating group) is 1. The minimum absolute atomic E-state index is 0.0284. The number of ether oxygens (including phenoxy) is 2. The summed E-state index contributed by atoms with van der Waals surface area (Å²) in [5.41, 5.74) is 0. The minimum Gasteiger partial charge on any atom is -0.756 e. The van der Waals surface area contributed by atoms with Crippen LogP contribution in [0.15, 0.2) is 24.3 Å². The number of carbonyl (C=O) groups excluding carboxylic acids is 1. The van der Waals surface area contributed by atoms with Gasteiger partial charge < -0.3 is 27.9 Å². The Morgan fingerprint density at radius 3 is 1.29 bits per heavy atom. The summed E-state index contributed by atoms with van der Waals surface area (Å²) in [7, 11) is 1.37. The summed E-state index contributed by atoms with van der Waals surface area (Å²) in [5.74, 6) is -0.331. The number of phosphoric acid groups is 1. The van der Waals surface area contributed by atoms with Crippen molar-refractivity contribution in [1.82, 2.24) is 0 Å². The van der Waals surface area contributed by atoms with E-state index in [-0.39, 0.29) is 25.8 Å². The zero-order chi connectivity index (χ0) is 46.2. The Bertz CT molecular complexity index is 1060. The lowest BCUT2D eigenvalue weighted by atomic mass is 10.0. The summed E-state index contributed by atoms with van der Waals surface area (Å²) in [5, 5.41) is 0. The summed E-state index contributed by atoms with van der Waals surface area (Å²) < 4.78 is 34.8. The Kier molecular flexibility index (Phi) is 46.7. The normalized spacial score (nSPS) is 13.7. The second kappa shape index (κ2) is 47.5. The molecule has 2 unspecified atom stereocenters. The van der Waals surface area contributed by atoms with Crippen LogP contribution in [0.1, 0.15) is 258 Å². The number of hydrogen-bond acceptors (Lipinski definition) is 7. The first-order chi connectivity index (χ1) is 30.6. The third-order valence-corrected chi connectivity index (χ3v) is 13.0. The van der Waals surface area contributed by atoms with Crippen molar-refractivity contribution in [1.29, 1.82) is 0 Å². The average molecular weight is 912 g/mol. The molecule has 0 aliphatic carbocycles. The van der Waals surface area contributed by atoms with Crippen molar-refractivity contribution in [2.45, 2.75) is 264 Å². The first kappa shape index (κ1) is 62.0. The number of unbranched alkanes of at least 4 members (excludes halogenated alkanes) is 33.